The van der Waals surface area contributed by atoms with Crippen LogP contribution in [0.5, 0.6) is 5.75 Å². The molecule has 0 aliphatic carbocycles. The lowest BCUT2D eigenvalue weighted by molar-refractivity contribution is 0.0646. The number of likely N-dealkylation sites (tertiary alicyclic amines) is 1. The van der Waals surface area contributed by atoms with Gasteiger partial charge in [0.2, 0.25) is 0 Å². The molecule has 0 radical (unpaired) electrons. The minimum Gasteiger partial charge on any atom is -0.489 e. The van der Waals surface area contributed by atoms with Crippen LogP contribution in [0, 0.1) is 5.82 Å². The number of ether oxygens (including phenoxy) is 2. The number of rotatable bonds is 4. The van der Waals surface area contributed by atoms with Crippen LogP contribution in [-0.2, 0) is 17.9 Å². The zero-order chi connectivity index (χ0) is 19.0. The summed E-state index contributed by atoms with van der Waals surface area (Å²) in [4.78, 5) is 26.1. The van der Waals surface area contributed by atoms with E-state index in [1.165, 1.54) is 18.2 Å². The highest BCUT2D eigenvalue weighted by Crippen LogP contribution is 2.25. The Morgan fingerprint density at radius 2 is 2.00 bits per heavy atom. The molecule has 142 valence electrons. The van der Waals surface area contributed by atoms with Gasteiger partial charge in [-0.05, 0) is 30.3 Å². The molecule has 2 aromatic rings. The van der Waals surface area contributed by atoms with E-state index < -0.39 is 5.97 Å². The fraction of sp³-hybridized carbons (Fsp3) is 0.368. The van der Waals surface area contributed by atoms with Crippen LogP contribution >= 0.6 is 0 Å². The van der Waals surface area contributed by atoms with Gasteiger partial charge in [-0.1, -0.05) is 0 Å². The Labute approximate surface area is 154 Å². The molecule has 2 aliphatic heterocycles. The first kappa shape index (κ1) is 17.5. The first-order valence-electron chi connectivity index (χ1n) is 8.78. The van der Waals surface area contributed by atoms with Gasteiger partial charge in [0.05, 0.1) is 31.0 Å². The van der Waals surface area contributed by atoms with Crippen molar-refractivity contribution >= 4 is 11.9 Å². The quantitative estimate of drug-likeness (QED) is 0.887. The second-order valence-corrected chi connectivity index (χ2v) is 6.63. The van der Waals surface area contributed by atoms with Gasteiger partial charge in [-0.15, -0.1) is 0 Å². The van der Waals surface area contributed by atoms with Gasteiger partial charge in [-0.3, -0.25) is 4.79 Å². The summed E-state index contributed by atoms with van der Waals surface area (Å²) in [5, 5.41) is 9.39. The second kappa shape index (κ2) is 7.03. The molecule has 3 heterocycles. The fourth-order valence-corrected chi connectivity index (χ4v) is 3.56. The number of carbonyl (C=O) groups excluding carboxylic acids is 1. The summed E-state index contributed by atoms with van der Waals surface area (Å²) in [6.07, 6.45) is 0.475. The minimum atomic E-state index is -1.07. The standard InChI is InChI=1S/C19H19FN2O5/c20-12-1-3-13(4-2-12)27-14-5-6-21(10-14)18(23)16-9-15(19(24)25)17-11-26-8-7-22(16)17/h1-4,9,14H,5-8,10-11H2,(H,24,25). The normalized spacial score (nSPS) is 19.0. The lowest BCUT2D eigenvalue weighted by Gasteiger charge is -2.21. The highest BCUT2D eigenvalue weighted by molar-refractivity contribution is 5.98. The van der Waals surface area contributed by atoms with E-state index in [1.54, 1.807) is 21.6 Å². The van der Waals surface area contributed by atoms with Gasteiger partial charge in [0.15, 0.2) is 0 Å². The van der Waals surface area contributed by atoms with Crippen LogP contribution in [0.2, 0.25) is 0 Å². The molecule has 1 amide bonds. The fourth-order valence-electron chi connectivity index (χ4n) is 3.56. The topological polar surface area (TPSA) is 81.0 Å². The van der Waals surface area contributed by atoms with Gasteiger partial charge < -0.3 is 24.0 Å². The Balaban J connectivity index is 1.49. The summed E-state index contributed by atoms with van der Waals surface area (Å²) in [6.45, 7) is 2.00. The molecule has 1 atom stereocenters. The Bertz CT molecular complexity index is 877. The van der Waals surface area contributed by atoms with Crippen LogP contribution in [0.25, 0.3) is 0 Å². The Kier molecular flexibility index (Phi) is 4.57. The predicted octanol–water partition coefficient (Wildman–Crippen LogP) is 2.15. The number of hydrogen-bond acceptors (Lipinski definition) is 4. The number of fused-ring (bicyclic) bond motifs is 1. The van der Waals surface area contributed by atoms with E-state index >= 15 is 0 Å². The van der Waals surface area contributed by atoms with Crippen molar-refractivity contribution in [3.05, 3.63) is 53.1 Å². The van der Waals surface area contributed by atoms with Crippen LogP contribution in [0.15, 0.2) is 30.3 Å². The SMILES string of the molecule is O=C(O)c1cc(C(=O)N2CCC(Oc3ccc(F)cc3)C2)n2c1COCC2. The molecule has 27 heavy (non-hydrogen) atoms. The zero-order valence-electron chi connectivity index (χ0n) is 14.6. The Morgan fingerprint density at radius 3 is 2.74 bits per heavy atom. The molecule has 1 aromatic heterocycles. The Morgan fingerprint density at radius 1 is 1.22 bits per heavy atom. The maximum atomic E-state index is 13.0. The highest BCUT2D eigenvalue weighted by Gasteiger charge is 2.32. The smallest absolute Gasteiger partial charge is 0.337 e. The molecule has 1 saturated heterocycles. The van der Waals surface area contributed by atoms with Crippen LogP contribution in [-0.4, -0.2) is 52.3 Å². The maximum absolute atomic E-state index is 13.0. The minimum absolute atomic E-state index is 0.108. The Hall–Kier alpha value is -2.87. The van der Waals surface area contributed by atoms with E-state index in [4.69, 9.17) is 9.47 Å². The molecule has 8 heteroatoms. The predicted molar refractivity (Wildman–Crippen MR) is 92.4 cm³/mol. The number of aromatic carboxylic acids is 1. The molecule has 1 fully saturated rings. The molecule has 0 spiro atoms. The molecular formula is C19H19FN2O5. The van der Waals surface area contributed by atoms with E-state index in [9.17, 15) is 19.1 Å². The molecule has 2 aliphatic rings. The van der Waals surface area contributed by atoms with E-state index in [2.05, 4.69) is 0 Å². The summed E-state index contributed by atoms with van der Waals surface area (Å²) in [5.74, 6) is -1.05. The van der Waals surface area contributed by atoms with Gasteiger partial charge >= 0.3 is 5.97 Å². The van der Waals surface area contributed by atoms with Gasteiger partial charge in [-0.25, -0.2) is 9.18 Å². The average Bonchev–Trinajstić information content (AvgIpc) is 3.28. The summed E-state index contributed by atoms with van der Waals surface area (Å²) >= 11 is 0. The van der Waals surface area contributed by atoms with Gasteiger partial charge in [0.1, 0.15) is 23.4 Å². The zero-order valence-corrected chi connectivity index (χ0v) is 14.6. The number of carboxylic acids is 1. The first-order chi connectivity index (χ1) is 13.0. The summed E-state index contributed by atoms with van der Waals surface area (Å²) < 4.78 is 25.9. The third-order valence-corrected chi connectivity index (χ3v) is 4.90. The highest BCUT2D eigenvalue weighted by atomic mass is 19.1. The molecule has 0 bridgehead atoms. The average molecular weight is 374 g/mol. The lowest BCUT2D eigenvalue weighted by Crippen LogP contribution is -2.33. The molecule has 0 saturated carbocycles. The number of benzene rings is 1. The van der Waals surface area contributed by atoms with Crippen LogP contribution in [0.4, 0.5) is 4.39 Å². The van der Waals surface area contributed by atoms with Crippen molar-refractivity contribution in [2.75, 3.05) is 19.7 Å². The number of carboxylic acid groups (broad SMARTS) is 1. The lowest BCUT2D eigenvalue weighted by atomic mass is 10.2. The van der Waals surface area contributed by atoms with Crippen molar-refractivity contribution in [2.45, 2.75) is 25.7 Å². The van der Waals surface area contributed by atoms with Gasteiger partial charge in [0, 0.05) is 19.5 Å². The van der Waals surface area contributed by atoms with Crippen LogP contribution in [0.1, 0.15) is 33.0 Å². The first-order valence-corrected chi connectivity index (χ1v) is 8.78. The maximum Gasteiger partial charge on any atom is 0.337 e. The van der Waals surface area contributed by atoms with E-state index in [0.717, 1.165) is 0 Å². The monoisotopic (exact) mass is 374 g/mol. The summed E-state index contributed by atoms with van der Waals surface area (Å²) in [5.41, 5.74) is 1.000. The molecular weight excluding hydrogens is 355 g/mol. The molecule has 7 nitrogen and oxygen atoms in total. The number of nitrogens with zero attached hydrogens (tertiary/aromatic N) is 2. The second-order valence-electron chi connectivity index (χ2n) is 6.63. The summed E-state index contributed by atoms with van der Waals surface area (Å²) in [6, 6.07) is 7.21. The van der Waals surface area contributed by atoms with Crippen molar-refractivity contribution in [3.63, 3.8) is 0 Å². The summed E-state index contributed by atoms with van der Waals surface area (Å²) in [7, 11) is 0. The van der Waals surface area contributed by atoms with Gasteiger partial charge in [-0.2, -0.15) is 0 Å². The third kappa shape index (κ3) is 3.40. The largest absolute Gasteiger partial charge is 0.489 e. The van der Waals surface area contributed by atoms with E-state index in [0.29, 0.717) is 49.8 Å². The number of carbonyl (C=O) groups is 2. The van der Waals surface area contributed by atoms with Crippen molar-refractivity contribution < 1.29 is 28.6 Å². The van der Waals surface area contributed by atoms with E-state index in [1.807, 2.05) is 0 Å². The van der Waals surface area contributed by atoms with Crippen LogP contribution < -0.4 is 4.74 Å². The van der Waals surface area contributed by atoms with Crippen molar-refractivity contribution in [1.82, 2.24) is 9.47 Å². The van der Waals surface area contributed by atoms with Crippen molar-refractivity contribution in [1.29, 1.82) is 0 Å². The van der Waals surface area contributed by atoms with Crippen molar-refractivity contribution in [2.24, 2.45) is 0 Å². The molecule has 1 unspecified atom stereocenters. The molecule has 4 rings (SSSR count). The number of hydrogen-bond donors (Lipinski definition) is 1. The molecule has 1 aromatic carbocycles. The third-order valence-electron chi connectivity index (χ3n) is 4.90. The van der Waals surface area contributed by atoms with Crippen LogP contribution in [0.3, 0.4) is 0 Å². The number of aromatic nitrogens is 1. The van der Waals surface area contributed by atoms with Crippen molar-refractivity contribution in [3.8, 4) is 5.75 Å². The molecule has 1 N–H and O–H groups in total. The van der Waals surface area contributed by atoms with Gasteiger partial charge in [0.25, 0.3) is 5.91 Å². The number of halogens is 1. The number of amides is 1. The van der Waals surface area contributed by atoms with E-state index in [-0.39, 0.29) is 30.0 Å².